The number of hydrogen-bond donors (Lipinski definition) is 1. The first-order valence-electron chi connectivity index (χ1n) is 12.8. The molecule has 1 aliphatic carbocycles. The molecule has 1 fully saturated rings. The van der Waals surface area contributed by atoms with Crippen molar-refractivity contribution in [1.82, 2.24) is 23.7 Å². The van der Waals surface area contributed by atoms with Crippen molar-refractivity contribution >= 4 is 11.0 Å². The fourth-order valence-corrected chi connectivity index (χ4v) is 4.95. The summed E-state index contributed by atoms with van der Waals surface area (Å²) in [5.41, 5.74) is 4.83. The number of aromatic nitrogens is 5. The summed E-state index contributed by atoms with van der Waals surface area (Å²) >= 11 is 0. The minimum absolute atomic E-state index is 0.123. The molecule has 1 aliphatic rings. The monoisotopic (exact) mass is 530 g/mol. The number of methoxy groups -OCH3 is 1. The zero-order chi connectivity index (χ0) is 27.4. The fraction of sp³-hybridized carbons (Fsp3) is 0.276. The number of nitrogens with one attached hydrogen (secondary N) is 1. The lowest BCUT2D eigenvalue weighted by Gasteiger charge is -2.19. The van der Waals surface area contributed by atoms with Crippen LogP contribution in [0.25, 0.3) is 28.0 Å². The SMILES string of the molecule is COc1cc(-c2cc3c([nH]2)c(=O)n(C(C)c2cc(F)cc(F)c2)/c(=N/C2CC2)n3C)ccc1-n1cnc(C)c1. The third kappa shape index (κ3) is 4.45. The average Bonchev–Trinajstić information content (AvgIpc) is 3.44. The van der Waals surface area contributed by atoms with Gasteiger partial charge in [-0.15, -0.1) is 0 Å². The van der Waals surface area contributed by atoms with Crippen LogP contribution in [0.15, 0.2) is 64.8 Å². The summed E-state index contributed by atoms with van der Waals surface area (Å²) in [5, 5.41) is 0. The van der Waals surface area contributed by atoms with Crippen molar-refractivity contribution in [3.63, 3.8) is 0 Å². The molecule has 2 aromatic carbocycles. The third-order valence-electron chi connectivity index (χ3n) is 7.19. The molecule has 1 atom stereocenters. The number of rotatable bonds is 6. The highest BCUT2D eigenvalue weighted by Gasteiger charge is 2.24. The van der Waals surface area contributed by atoms with Crippen molar-refractivity contribution in [2.75, 3.05) is 7.11 Å². The molecule has 3 heterocycles. The molecular weight excluding hydrogens is 502 g/mol. The van der Waals surface area contributed by atoms with E-state index >= 15 is 0 Å². The predicted molar refractivity (Wildman–Crippen MR) is 144 cm³/mol. The van der Waals surface area contributed by atoms with Gasteiger partial charge < -0.3 is 18.9 Å². The Labute approximate surface area is 222 Å². The Morgan fingerprint density at radius 1 is 1.13 bits per heavy atom. The van der Waals surface area contributed by atoms with Gasteiger partial charge in [-0.3, -0.25) is 9.36 Å². The van der Waals surface area contributed by atoms with Crippen molar-refractivity contribution in [3.05, 3.63) is 93.9 Å². The first-order chi connectivity index (χ1) is 18.7. The van der Waals surface area contributed by atoms with Crippen LogP contribution < -0.4 is 15.9 Å². The van der Waals surface area contributed by atoms with Crippen LogP contribution in [0.3, 0.4) is 0 Å². The molecule has 39 heavy (non-hydrogen) atoms. The molecule has 5 aromatic rings. The Kier molecular flexibility index (Phi) is 5.97. The largest absolute Gasteiger partial charge is 0.495 e. The highest BCUT2D eigenvalue weighted by atomic mass is 19.1. The van der Waals surface area contributed by atoms with Crippen molar-refractivity contribution in [2.45, 2.75) is 38.8 Å². The molecule has 6 rings (SSSR count). The summed E-state index contributed by atoms with van der Waals surface area (Å²) in [6, 6.07) is 10.5. The van der Waals surface area contributed by atoms with Crippen LogP contribution in [-0.2, 0) is 7.05 Å². The zero-order valence-electron chi connectivity index (χ0n) is 22.1. The van der Waals surface area contributed by atoms with E-state index in [1.807, 2.05) is 53.6 Å². The van der Waals surface area contributed by atoms with Crippen LogP contribution in [0.4, 0.5) is 8.78 Å². The molecule has 200 valence electrons. The number of aryl methyl sites for hydroxylation is 2. The van der Waals surface area contributed by atoms with E-state index in [1.165, 1.54) is 16.7 Å². The fourth-order valence-electron chi connectivity index (χ4n) is 4.95. The molecule has 1 unspecified atom stereocenters. The molecule has 3 aromatic heterocycles. The molecule has 0 saturated heterocycles. The number of aromatic amines is 1. The van der Waals surface area contributed by atoms with E-state index in [9.17, 15) is 13.6 Å². The summed E-state index contributed by atoms with van der Waals surface area (Å²) in [6.45, 7) is 3.67. The molecule has 0 aliphatic heterocycles. The van der Waals surface area contributed by atoms with Gasteiger partial charge in [0.2, 0.25) is 5.62 Å². The molecule has 0 bridgehead atoms. The van der Waals surface area contributed by atoms with E-state index in [1.54, 1.807) is 20.4 Å². The van der Waals surface area contributed by atoms with E-state index in [0.29, 0.717) is 28.0 Å². The summed E-state index contributed by atoms with van der Waals surface area (Å²) in [4.78, 5) is 26.3. The lowest BCUT2D eigenvalue weighted by molar-refractivity contribution is 0.413. The number of halogens is 2. The second kappa shape index (κ2) is 9.37. The number of H-pyrrole nitrogens is 1. The van der Waals surface area contributed by atoms with Gasteiger partial charge in [-0.2, -0.15) is 0 Å². The first kappa shape index (κ1) is 24.8. The number of nitrogens with zero attached hydrogens (tertiary/aromatic N) is 5. The molecular formula is C29H28F2N6O2. The molecule has 10 heteroatoms. The maximum Gasteiger partial charge on any atom is 0.279 e. The minimum atomic E-state index is -0.693. The Morgan fingerprint density at radius 3 is 2.51 bits per heavy atom. The van der Waals surface area contributed by atoms with Crippen molar-refractivity contribution < 1.29 is 13.5 Å². The van der Waals surface area contributed by atoms with E-state index in [4.69, 9.17) is 9.73 Å². The van der Waals surface area contributed by atoms with Crippen LogP contribution in [-0.4, -0.2) is 36.8 Å². The Morgan fingerprint density at radius 2 is 1.87 bits per heavy atom. The van der Waals surface area contributed by atoms with E-state index in [-0.39, 0.29) is 11.6 Å². The summed E-state index contributed by atoms with van der Waals surface area (Å²) in [7, 11) is 3.46. The standard InChI is InChI=1S/C29H28F2N6O2/c1-16-14-36(15-32-16)24-8-5-18(11-26(24)39-4)23-13-25-27(34-23)28(38)37(29(35(25)3)33-22-6-7-22)17(2)19-9-20(30)12-21(31)10-19/h5,8-15,17,22,34H,6-7H2,1-4H3/b33-29+. The van der Waals surface area contributed by atoms with Crippen LogP contribution in [0.2, 0.25) is 0 Å². The van der Waals surface area contributed by atoms with Gasteiger partial charge in [0.1, 0.15) is 22.9 Å². The highest BCUT2D eigenvalue weighted by Crippen LogP contribution is 2.31. The van der Waals surface area contributed by atoms with Crippen LogP contribution in [0, 0.1) is 18.6 Å². The van der Waals surface area contributed by atoms with Gasteiger partial charge in [0, 0.05) is 30.6 Å². The topological polar surface area (TPSA) is 82.1 Å². The number of benzene rings is 2. The van der Waals surface area contributed by atoms with E-state index in [0.717, 1.165) is 41.5 Å². The summed E-state index contributed by atoms with van der Waals surface area (Å²) in [6.07, 6.45) is 5.53. The predicted octanol–water partition coefficient (Wildman–Crippen LogP) is 4.79. The number of hydrogen-bond acceptors (Lipinski definition) is 4. The Bertz CT molecular complexity index is 1840. The second-order valence-electron chi connectivity index (χ2n) is 10.0. The lowest BCUT2D eigenvalue weighted by Crippen LogP contribution is -2.42. The molecule has 1 saturated carbocycles. The molecule has 0 amide bonds. The van der Waals surface area contributed by atoms with Crippen LogP contribution >= 0.6 is 0 Å². The van der Waals surface area contributed by atoms with E-state index in [2.05, 4.69) is 9.97 Å². The quantitative estimate of drug-likeness (QED) is 0.343. The van der Waals surface area contributed by atoms with Gasteiger partial charge in [0.05, 0.1) is 42.4 Å². The number of imidazole rings is 1. The maximum absolute atomic E-state index is 14.1. The van der Waals surface area contributed by atoms with Crippen LogP contribution in [0.5, 0.6) is 5.75 Å². The van der Waals surface area contributed by atoms with Crippen molar-refractivity contribution in [3.8, 4) is 22.7 Å². The minimum Gasteiger partial charge on any atom is -0.495 e. The summed E-state index contributed by atoms with van der Waals surface area (Å²) < 4.78 is 39.1. The molecule has 0 spiro atoms. The van der Waals surface area contributed by atoms with Gasteiger partial charge in [0.15, 0.2) is 0 Å². The molecule has 0 radical (unpaired) electrons. The third-order valence-corrected chi connectivity index (χ3v) is 7.19. The van der Waals surface area contributed by atoms with Gasteiger partial charge in [-0.05, 0) is 62.6 Å². The van der Waals surface area contributed by atoms with E-state index < -0.39 is 17.7 Å². The van der Waals surface area contributed by atoms with Crippen LogP contribution in [0.1, 0.15) is 37.1 Å². The number of fused-ring (bicyclic) bond motifs is 1. The van der Waals surface area contributed by atoms with Gasteiger partial charge >= 0.3 is 0 Å². The normalized spacial score (nSPS) is 14.8. The molecule has 8 nitrogen and oxygen atoms in total. The molecule has 1 N–H and O–H groups in total. The summed E-state index contributed by atoms with van der Waals surface area (Å²) in [5.74, 6) is -0.737. The smallest absolute Gasteiger partial charge is 0.279 e. The highest BCUT2D eigenvalue weighted by molar-refractivity contribution is 5.83. The van der Waals surface area contributed by atoms with Gasteiger partial charge in [0.25, 0.3) is 5.56 Å². The Hall–Kier alpha value is -4.47. The van der Waals surface area contributed by atoms with Gasteiger partial charge in [-0.25, -0.2) is 18.8 Å². The second-order valence-corrected chi connectivity index (χ2v) is 10.0. The van der Waals surface area contributed by atoms with Crippen molar-refractivity contribution in [1.29, 1.82) is 0 Å². The maximum atomic E-state index is 14.1. The zero-order valence-corrected chi connectivity index (χ0v) is 22.1. The Balaban J connectivity index is 1.53. The first-order valence-corrected chi connectivity index (χ1v) is 12.8. The average molecular weight is 531 g/mol. The number of ether oxygens (including phenoxy) is 1. The lowest BCUT2D eigenvalue weighted by atomic mass is 10.1. The van der Waals surface area contributed by atoms with Gasteiger partial charge in [-0.1, -0.05) is 6.07 Å². The van der Waals surface area contributed by atoms with Crippen molar-refractivity contribution in [2.24, 2.45) is 12.0 Å².